The summed E-state index contributed by atoms with van der Waals surface area (Å²) in [5, 5.41) is 0.486. The van der Waals surface area contributed by atoms with Crippen molar-refractivity contribution >= 4 is 27.5 Å². The topological polar surface area (TPSA) is 26.0 Å². The van der Waals surface area contributed by atoms with Crippen molar-refractivity contribution in [3.05, 3.63) is 33.0 Å². The molecule has 1 atom stereocenters. The van der Waals surface area contributed by atoms with Gasteiger partial charge in [-0.25, -0.2) is 4.39 Å². The second-order valence-corrected chi connectivity index (χ2v) is 4.06. The molecule has 0 aromatic heterocycles. The van der Waals surface area contributed by atoms with Gasteiger partial charge in [0.25, 0.3) is 0 Å². The van der Waals surface area contributed by atoms with E-state index in [2.05, 4.69) is 15.9 Å². The molecular formula is C9H10BrClFN. The van der Waals surface area contributed by atoms with Crippen molar-refractivity contribution in [1.29, 1.82) is 0 Å². The molecule has 0 spiro atoms. The molecule has 1 aromatic carbocycles. The standard InChI is InChI=1S/C9H10BrClFN/c1-2-9(13)5-3-7(11)6(10)4-8(5)12/h3-4,9H,2,13H2,1H3. The van der Waals surface area contributed by atoms with Crippen LogP contribution in [0.15, 0.2) is 16.6 Å². The molecule has 0 aliphatic heterocycles. The van der Waals surface area contributed by atoms with Crippen LogP contribution in [-0.4, -0.2) is 0 Å². The summed E-state index contributed by atoms with van der Waals surface area (Å²) in [7, 11) is 0. The molecule has 72 valence electrons. The first-order valence-electron chi connectivity index (χ1n) is 3.96. The minimum Gasteiger partial charge on any atom is -0.324 e. The SMILES string of the molecule is CCC(N)c1cc(Cl)c(Br)cc1F. The second kappa shape index (κ2) is 4.40. The third kappa shape index (κ3) is 2.42. The fourth-order valence-corrected chi connectivity index (χ4v) is 1.53. The Bertz CT molecular complexity index is 317. The van der Waals surface area contributed by atoms with E-state index in [1.165, 1.54) is 6.07 Å². The van der Waals surface area contributed by atoms with Gasteiger partial charge in [0.2, 0.25) is 0 Å². The lowest BCUT2D eigenvalue weighted by molar-refractivity contribution is 0.574. The Morgan fingerprint density at radius 1 is 1.62 bits per heavy atom. The normalized spacial score (nSPS) is 13.0. The minimum absolute atomic E-state index is 0.286. The van der Waals surface area contributed by atoms with Crippen LogP contribution in [0.25, 0.3) is 0 Å². The van der Waals surface area contributed by atoms with E-state index in [0.717, 1.165) is 0 Å². The van der Waals surface area contributed by atoms with E-state index < -0.39 is 0 Å². The van der Waals surface area contributed by atoms with Gasteiger partial charge in [0.1, 0.15) is 5.82 Å². The van der Waals surface area contributed by atoms with Crippen molar-refractivity contribution < 1.29 is 4.39 Å². The van der Waals surface area contributed by atoms with Gasteiger partial charge in [-0.2, -0.15) is 0 Å². The summed E-state index contributed by atoms with van der Waals surface area (Å²) in [4.78, 5) is 0. The summed E-state index contributed by atoms with van der Waals surface area (Å²) in [6.45, 7) is 1.90. The van der Waals surface area contributed by atoms with Gasteiger partial charge < -0.3 is 5.73 Å². The number of nitrogens with two attached hydrogens (primary N) is 1. The third-order valence-corrected chi connectivity index (χ3v) is 3.08. The molecule has 0 amide bonds. The smallest absolute Gasteiger partial charge is 0.129 e. The summed E-state index contributed by atoms with van der Waals surface area (Å²) in [5.74, 6) is -0.314. The zero-order valence-electron chi connectivity index (χ0n) is 7.15. The van der Waals surface area contributed by atoms with E-state index in [4.69, 9.17) is 17.3 Å². The van der Waals surface area contributed by atoms with Crippen LogP contribution in [0.3, 0.4) is 0 Å². The Kier molecular flexibility index (Phi) is 3.71. The molecule has 0 saturated carbocycles. The molecule has 2 N–H and O–H groups in total. The maximum absolute atomic E-state index is 13.3. The summed E-state index contributed by atoms with van der Waals surface area (Å²) < 4.78 is 13.9. The highest BCUT2D eigenvalue weighted by Crippen LogP contribution is 2.28. The van der Waals surface area contributed by atoms with Crippen molar-refractivity contribution in [1.82, 2.24) is 0 Å². The van der Waals surface area contributed by atoms with Gasteiger partial charge in [0.15, 0.2) is 0 Å². The van der Waals surface area contributed by atoms with Crippen LogP contribution in [0.1, 0.15) is 24.9 Å². The van der Waals surface area contributed by atoms with Crippen LogP contribution in [0, 0.1) is 5.82 Å². The van der Waals surface area contributed by atoms with E-state index in [0.29, 0.717) is 21.5 Å². The highest BCUT2D eigenvalue weighted by Gasteiger charge is 2.12. The average Bonchev–Trinajstić information content (AvgIpc) is 2.10. The summed E-state index contributed by atoms with van der Waals surface area (Å²) in [6, 6.07) is 2.62. The lowest BCUT2D eigenvalue weighted by Crippen LogP contribution is -2.10. The van der Waals surface area contributed by atoms with E-state index in [-0.39, 0.29) is 11.9 Å². The second-order valence-electron chi connectivity index (χ2n) is 2.80. The Labute approximate surface area is 90.2 Å². The lowest BCUT2D eigenvalue weighted by Gasteiger charge is -2.11. The number of hydrogen-bond donors (Lipinski definition) is 1. The maximum atomic E-state index is 13.3. The molecule has 1 unspecified atom stereocenters. The van der Waals surface area contributed by atoms with Crippen LogP contribution in [0.2, 0.25) is 5.02 Å². The molecule has 0 aliphatic carbocycles. The van der Waals surface area contributed by atoms with Crippen molar-refractivity contribution in [2.24, 2.45) is 5.73 Å². The Morgan fingerprint density at radius 3 is 2.77 bits per heavy atom. The van der Waals surface area contributed by atoms with Crippen LogP contribution >= 0.6 is 27.5 Å². The first-order valence-corrected chi connectivity index (χ1v) is 5.13. The molecule has 4 heteroatoms. The van der Waals surface area contributed by atoms with Crippen molar-refractivity contribution in [2.75, 3.05) is 0 Å². The number of halogens is 3. The van der Waals surface area contributed by atoms with Gasteiger partial charge in [-0.15, -0.1) is 0 Å². The third-order valence-electron chi connectivity index (χ3n) is 1.88. The van der Waals surface area contributed by atoms with Crippen LogP contribution in [0.5, 0.6) is 0 Å². The molecule has 1 rings (SSSR count). The van der Waals surface area contributed by atoms with Crippen molar-refractivity contribution in [2.45, 2.75) is 19.4 Å². The molecule has 0 radical (unpaired) electrons. The van der Waals surface area contributed by atoms with Gasteiger partial charge in [0.05, 0.1) is 5.02 Å². The Morgan fingerprint density at radius 2 is 2.23 bits per heavy atom. The fourth-order valence-electron chi connectivity index (χ4n) is 1.04. The zero-order valence-corrected chi connectivity index (χ0v) is 9.49. The number of benzene rings is 1. The quantitative estimate of drug-likeness (QED) is 0.813. The monoisotopic (exact) mass is 265 g/mol. The van der Waals surface area contributed by atoms with Crippen LogP contribution < -0.4 is 5.73 Å². The minimum atomic E-state index is -0.314. The first-order chi connectivity index (χ1) is 6.06. The first kappa shape index (κ1) is 11.0. The summed E-state index contributed by atoms with van der Waals surface area (Å²) in [5.41, 5.74) is 6.17. The fraction of sp³-hybridized carbons (Fsp3) is 0.333. The molecule has 0 bridgehead atoms. The van der Waals surface area contributed by atoms with E-state index in [1.807, 2.05) is 6.92 Å². The van der Waals surface area contributed by atoms with Crippen molar-refractivity contribution in [3.63, 3.8) is 0 Å². The molecule has 1 aromatic rings. The maximum Gasteiger partial charge on any atom is 0.129 e. The molecule has 0 heterocycles. The molecule has 0 aliphatic rings. The van der Waals surface area contributed by atoms with Gasteiger partial charge in [0, 0.05) is 16.1 Å². The van der Waals surface area contributed by atoms with E-state index in [1.54, 1.807) is 6.07 Å². The largest absolute Gasteiger partial charge is 0.324 e. The van der Waals surface area contributed by atoms with Gasteiger partial charge in [-0.3, -0.25) is 0 Å². The number of hydrogen-bond acceptors (Lipinski definition) is 1. The summed E-state index contributed by atoms with van der Waals surface area (Å²) >= 11 is 8.96. The number of rotatable bonds is 2. The zero-order chi connectivity index (χ0) is 10.0. The molecular weight excluding hydrogens is 256 g/mol. The molecule has 1 nitrogen and oxygen atoms in total. The van der Waals surface area contributed by atoms with Gasteiger partial charge >= 0.3 is 0 Å². The van der Waals surface area contributed by atoms with E-state index >= 15 is 0 Å². The van der Waals surface area contributed by atoms with Gasteiger partial charge in [-0.05, 0) is 34.5 Å². The average molecular weight is 267 g/mol. The lowest BCUT2D eigenvalue weighted by atomic mass is 10.1. The Balaban J connectivity index is 3.15. The molecule has 13 heavy (non-hydrogen) atoms. The predicted molar refractivity (Wildman–Crippen MR) is 56.3 cm³/mol. The van der Waals surface area contributed by atoms with Crippen LogP contribution in [-0.2, 0) is 0 Å². The molecule has 0 fully saturated rings. The van der Waals surface area contributed by atoms with Crippen molar-refractivity contribution in [3.8, 4) is 0 Å². The highest BCUT2D eigenvalue weighted by atomic mass is 79.9. The highest BCUT2D eigenvalue weighted by molar-refractivity contribution is 9.10. The van der Waals surface area contributed by atoms with Crippen LogP contribution in [0.4, 0.5) is 4.39 Å². The summed E-state index contributed by atoms with van der Waals surface area (Å²) in [6.07, 6.45) is 0.689. The van der Waals surface area contributed by atoms with E-state index in [9.17, 15) is 4.39 Å². The molecule has 0 saturated heterocycles. The predicted octanol–water partition coefficient (Wildman–Crippen LogP) is 3.65. The van der Waals surface area contributed by atoms with Gasteiger partial charge in [-0.1, -0.05) is 18.5 Å². The Hall–Kier alpha value is -0.120.